The monoisotopic (exact) mass is 850 g/mol. The number of nitrogens with one attached hydrogen (secondary N) is 1. The van der Waals surface area contributed by atoms with Crippen molar-refractivity contribution in [2.75, 3.05) is 6.61 Å². The number of rotatable bonds is 44. The molecule has 350 valence electrons. The Balaban J connectivity index is 4.58. The smallest absolute Gasteiger partial charge is 0.306 e. The Morgan fingerprint density at radius 2 is 0.885 bits per heavy atom. The Bertz CT molecular complexity index is 1180. The van der Waals surface area contributed by atoms with Gasteiger partial charge in [0.1, 0.15) is 6.10 Å². The van der Waals surface area contributed by atoms with Gasteiger partial charge in [-0.25, -0.2) is 0 Å². The molecule has 0 fully saturated rings. The van der Waals surface area contributed by atoms with E-state index in [0.717, 1.165) is 96.3 Å². The van der Waals surface area contributed by atoms with E-state index in [2.05, 4.69) is 80.8 Å². The van der Waals surface area contributed by atoms with Crippen molar-refractivity contribution in [2.24, 2.45) is 0 Å². The van der Waals surface area contributed by atoms with Crippen molar-refractivity contribution in [3.63, 3.8) is 0 Å². The molecule has 6 nitrogen and oxygen atoms in total. The second-order valence-electron chi connectivity index (χ2n) is 17.0. The number of allylic oxidation sites excluding steroid dienone is 14. The van der Waals surface area contributed by atoms with Gasteiger partial charge in [-0.05, 0) is 64.2 Å². The molecule has 0 saturated carbocycles. The van der Waals surface area contributed by atoms with Crippen molar-refractivity contribution in [3.8, 4) is 0 Å². The minimum atomic E-state index is -0.805. The largest absolute Gasteiger partial charge is 0.462 e. The fraction of sp³-hybridized carbons (Fsp3) is 0.709. The highest BCUT2D eigenvalue weighted by Gasteiger charge is 2.24. The van der Waals surface area contributed by atoms with Crippen LogP contribution in [0.15, 0.2) is 85.1 Å². The van der Waals surface area contributed by atoms with E-state index in [0.29, 0.717) is 19.3 Å². The SMILES string of the molecule is CC/C=C/C=C/C=C\CCCCCC(CC(=O)NC(CO)C(O)CCCCCCCCCCCCCCCCCC)OC(=O)CCCCCCC\C=C/C=C/C=C/C=C/CC. The first-order valence-electron chi connectivity index (χ1n) is 25.4. The molecule has 0 spiro atoms. The molecule has 3 atom stereocenters. The molecule has 0 aliphatic rings. The molecule has 0 bridgehead atoms. The minimum absolute atomic E-state index is 0.0406. The van der Waals surface area contributed by atoms with Crippen LogP contribution in [0.2, 0.25) is 0 Å². The van der Waals surface area contributed by atoms with E-state index >= 15 is 0 Å². The second kappa shape index (κ2) is 48.1. The number of unbranched alkanes of at least 4 members (excludes halogenated alkanes) is 23. The average molecular weight is 850 g/mol. The number of carbonyl (C=O) groups is 2. The molecule has 61 heavy (non-hydrogen) atoms. The number of carbonyl (C=O) groups excluding carboxylic acids is 2. The summed E-state index contributed by atoms with van der Waals surface area (Å²) in [5, 5.41) is 23.8. The first kappa shape index (κ1) is 58.0. The van der Waals surface area contributed by atoms with Gasteiger partial charge < -0.3 is 20.3 Å². The Kier molecular flexibility index (Phi) is 45.7. The van der Waals surface area contributed by atoms with E-state index in [9.17, 15) is 19.8 Å². The lowest BCUT2D eigenvalue weighted by molar-refractivity contribution is -0.151. The van der Waals surface area contributed by atoms with Crippen LogP contribution in [0.5, 0.6) is 0 Å². The Hall–Kier alpha value is -2.96. The minimum Gasteiger partial charge on any atom is -0.462 e. The van der Waals surface area contributed by atoms with Gasteiger partial charge in [-0.3, -0.25) is 9.59 Å². The first-order chi connectivity index (χ1) is 30.0. The molecule has 0 heterocycles. The first-order valence-corrected chi connectivity index (χ1v) is 25.4. The Morgan fingerprint density at radius 1 is 0.492 bits per heavy atom. The lowest BCUT2D eigenvalue weighted by atomic mass is 10.0. The molecule has 3 unspecified atom stereocenters. The maximum atomic E-state index is 13.2. The summed E-state index contributed by atoms with van der Waals surface area (Å²) in [6, 6.07) is -0.722. The number of esters is 1. The molecule has 0 aromatic heterocycles. The van der Waals surface area contributed by atoms with Gasteiger partial charge in [0.15, 0.2) is 0 Å². The predicted molar refractivity (Wildman–Crippen MR) is 264 cm³/mol. The number of aliphatic hydroxyl groups is 2. The molecule has 0 rings (SSSR count). The summed E-state index contributed by atoms with van der Waals surface area (Å²) in [5.74, 6) is -0.541. The quantitative estimate of drug-likeness (QED) is 0.0322. The summed E-state index contributed by atoms with van der Waals surface area (Å²) in [6.45, 7) is 6.19. The lowest BCUT2D eigenvalue weighted by Gasteiger charge is -2.24. The normalized spacial score (nSPS) is 14.0. The van der Waals surface area contributed by atoms with Crippen molar-refractivity contribution in [3.05, 3.63) is 85.1 Å². The highest BCUT2D eigenvalue weighted by Crippen LogP contribution is 2.17. The molecule has 3 N–H and O–H groups in total. The summed E-state index contributed by atoms with van der Waals surface area (Å²) in [4.78, 5) is 26.1. The van der Waals surface area contributed by atoms with Crippen LogP contribution in [-0.2, 0) is 14.3 Å². The molecule has 0 aromatic rings. The van der Waals surface area contributed by atoms with E-state index in [1.807, 2.05) is 30.4 Å². The standard InChI is InChI=1S/C55H95NO5/c1-4-7-10-13-16-19-22-24-26-28-29-32-35-38-41-44-47-53(58)52(50-57)56-54(59)49-51(46-43-40-37-34-31-21-18-15-12-9-6-3)61-55(60)48-45-42-39-36-33-30-27-25-23-20-17-14-11-8-5-2/h8-9,11-12,14-15,17-18,20-21,23,25,27,31,51-53,57-58H,4-7,10,13,16,19,22,24,26,28-30,32-50H2,1-3H3,(H,56,59)/b11-8+,12-9+,17-14+,18-15+,23-20+,27-25-,31-21-. The van der Waals surface area contributed by atoms with Crippen LogP contribution in [0.3, 0.4) is 0 Å². The van der Waals surface area contributed by atoms with Crippen LogP contribution in [-0.4, -0.2) is 46.9 Å². The Labute approximate surface area is 376 Å². The molecule has 0 saturated heterocycles. The fourth-order valence-electron chi connectivity index (χ4n) is 7.32. The van der Waals surface area contributed by atoms with Gasteiger partial charge in [-0.15, -0.1) is 0 Å². The Morgan fingerprint density at radius 3 is 1.36 bits per heavy atom. The highest BCUT2D eigenvalue weighted by atomic mass is 16.5. The second-order valence-corrected chi connectivity index (χ2v) is 17.0. The average Bonchev–Trinajstić information content (AvgIpc) is 3.25. The van der Waals surface area contributed by atoms with Gasteiger partial charge in [0.2, 0.25) is 5.91 Å². The molecule has 0 aliphatic carbocycles. The van der Waals surface area contributed by atoms with E-state index < -0.39 is 18.2 Å². The molecule has 6 heteroatoms. The maximum Gasteiger partial charge on any atom is 0.306 e. The van der Waals surface area contributed by atoms with Crippen molar-refractivity contribution in [2.45, 2.75) is 244 Å². The number of amides is 1. The van der Waals surface area contributed by atoms with Gasteiger partial charge in [-0.1, -0.05) is 234 Å². The lowest BCUT2D eigenvalue weighted by Crippen LogP contribution is -2.46. The van der Waals surface area contributed by atoms with Crippen LogP contribution >= 0.6 is 0 Å². The van der Waals surface area contributed by atoms with E-state index in [-0.39, 0.29) is 24.9 Å². The fourth-order valence-corrected chi connectivity index (χ4v) is 7.32. The summed E-state index contributed by atoms with van der Waals surface area (Å²) >= 11 is 0. The predicted octanol–water partition coefficient (Wildman–Crippen LogP) is 15.2. The van der Waals surface area contributed by atoms with Gasteiger partial charge in [0.05, 0.1) is 25.2 Å². The summed E-state index contributed by atoms with van der Waals surface area (Å²) in [7, 11) is 0. The molecular formula is C55H95NO5. The number of aliphatic hydroxyl groups excluding tert-OH is 2. The van der Waals surface area contributed by atoms with Crippen LogP contribution in [0.4, 0.5) is 0 Å². The van der Waals surface area contributed by atoms with Gasteiger partial charge >= 0.3 is 5.97 Å². The van der Waals surface area contributed by atoms with E-state index in [1.165, 1.54) is 83.5 Å². The molecule has 0 radical (unpaired) electrons. The zero-order valence-corrected chi connectivity index (χ0v) is 39.8. The van der Waals surface area contributed by atoms with Gasteiger partial charge in [0, 0.05) is 6.42 Å². The molecule has 0 aromatic carbocycles. The van der Waals surface area contributed by atoms with Gasteiger partial charge in [0.25, 0.3) is 0 Å². The van der Waals surface area contributed by atoms with Crippen LogP contribution < -0.4 is 5.32 Å². The van der Waals surface area contributed by atoms with Gasteiger partial charge in [-0.2, -0.15) is 0 Å². The van der Waals surface area contributed by atoms with Crippen LogP contribution in [0, 0.1) is 0 Å². The molecule has 1 amide bonds. The third-order valence-electron chi connectivity index (χ3n) is 11.1. The van der Waals surface area contributed by atoms with Crippen LogP contribution in [0.25, 0.3) is 0 Å². The number of ether oxygens (including phenoxy) is 1. The van der Waals surface area contributed by atoms with E-state index in [1.54, 1.807) is 0 Å². The topological polar surface area (TPSA) is 95.9 Å². The van der Waals surface area contributed by atoms with Crippen molar-refractivity contribution >= 4 is 11.9 Å². The highest BCUT2D eigenvalue weighted by molar-refractivity contribution is 5.77. The third kappa shape index (κ3) is 43.5. The van der Waals surface area contributed by atoms with Crippen molar-refractivity contribution < 1.29 is 24.5 Å². The zero-order chi connectivity index (χ0) is 44.5. The van der Waals surface area contributed by atoms with Crippen LogP contribution in [0.1, 0.15) is 226 Å². The summed E-state index contributed by atoms with van der Waals surface area (Å²) in [6.07, 6.45) is 62.2. The number of hydrogen-bond donors (Lipinski definition) is 3. The van der Waals surface area contributed by atoms with Crippen molar-refractivity contribution in [1.29, 1.82) is 0 Å². The summed E-state index contributed by atoms with van der Waals surface area (Å²) < 4.78 is 5.89. The van der Waals surface area contributed by atoms with E-state index in [4.69, 9.17) is 4.74 Å². The number of hydrogen-bond acceptors (Lipinski definition) is 5. The van der Waals surface area contributed by atoms with Crippen molar-refractivity contribution in [1.82, 2.24) is 5.32 Å². The maximum absolute atomic E-state index is 13.2. The third-order valence-corrected chi connectivity index (χ3v) is 11.1. The molecular weight excluding hydrogens is 755 g/mol. The summed E-state index contributed by atoms with van der Waals surface area (Å²) in [5.41, 5.74) is 0. The molecule has 0 aliphatic heterocycles. The zero-order valence-electron chi connectivity index (χ0n) is 39.8.